The molecule has 6 nitrogen and oxygen atoms in total. The summed E-state index contributed by atoms with van der Waals surface area (Å²) in [4.78, 5) is 14.5. The summed E-state index contributed by atoms with van der Waals surface area (Å²) in [6.45, 7) is 1.46. The molecule has 9 heteroatoms. The first-order chi connectivity index (χ1) is 14.3. The summed E-state index contributed by atoms with van der Waals surface area (Å²) >= 11 is 0. The maximum Gasteiger partial charge on any atom is 0.416 e. The molecule has 4 rings (SSSR count). The third kappa shape index (κ3) is 4.58. The van der Waals surface area contributed by atoms with Crippen LogP contribution < -0.4 is 10.1 Å². The summed E-state index contributed by atoms with van der Waals surface area (Å²) in [5.41, 5.74) is -0.337. The number of nitrogens with zero attached hydrogens (tertiary/aromatic N) is 1. The molecule has 30 heavy (non-hydrogen) atoms. The van der Waals surface area contributed by atoms with E-state index in [1.54, 1.807) is 7.11 Å². The maximum absolute atomic E-state index is 13.0. The highest BCUT2D eigenvalue weighted by Gasteiger charge is 2.37. The molecule has 1 amide bonds. The molecule has 0 spiro atoms. The summed E-state index contributed by atoms with van der Waals surface area (Å²) in [6.07, 6.45) is -1.21. The van der Waals surface area contributed by atoms with Gasteiger partial charge in [-0.1, -0.05) is 0 Å². The Kier molecular flexibility index (Phi) is 6.22. The van der Waals surface area contributed by atoms with Crippen molar-refractivity contribution in [2.45, 2.75) is 56.6 Å². The van der Waals surface area contributed by atoms with Gasteiger partial charge in [-0.2, -0.15) is 13.2 Å². The normalized spacial score (nSPS) is 29.4. The number of ether oxygens (including phenoxy) is 3. The zero-order chi connectivity index (χ0) is 21.3. The van der Waals surface area contributed by atoms with Crippen LogP contribution in [0.2, 0.25) is 0 Å². The number of benzene rings is 1. The summed E-state index contributed by atoms with van der Waals surface area (Å²) in [7, 11) is 1.67. The van der Waals surface area contributed by atoms with Gasteiger partial charge in [-0.15, -0.1) is 0 Å². The van der Waals surface area contributed by atoms with E-state index in [4.69, 9.17) is 14.2 Å². The van der Waals surface area contributed by atoms with Crippen LogP contribution in [0.5, 0.6) is 5.75 Å². The molecule has 0 aromatic heterocycles. The Hall–Kier alpha value is -1.84. The standard InChI is InChI=1S/C21H27F3N2O4/c1-28-19-11-29-7-6-17(19)25-16-4-2-13(9-16)20(27)26-10-14-8-15(21(22,23)24)3-5-18(14)30-12-26/h3,5,8,13,16-17,19,25H,2,4,6-7,9-12H2,1H3. The van der Waals surface area contributed by atoms with E-state index in [0.717, 1.165) is 31.4 Å². The summed E-state index contributed by atoms with van der Waals surface area (Å²) in [5.74, 6) is 0.194. The van der Waals surface area contributed by atoms with Crippen LogP contribution >= 0.6 is 0 Å². The molecule has 166 valence electrons. The fraction of sp³-hybridized carbons (Fsp3) is 0.667. The number of halogens is 3. The Morgan fingerprint density at radius 2 is 2.10 bits per heavy atom. The van der Waals surface area contributed by atoms with E-state index in [1.165, 1.54) is 11.0 Å². The van der Waals surface area contributed by atoms with Crippen LogP contribution in [0.25, 0.3) is 0 Å². The molecule has 0 bridgehead atoms. The molecule has 1 saturated heterocycles. The minimum atomic E-state index is -4.42. The number of rotatable bonds is 4. The van der Waals surface area contributed by atoms with Gasteiger partial charge in [0, 0.05) is 37.3 Å². The Morgan fingerprint density at radius 1 is 1.27 bits per heavy atom. The molecule has 1 N–H and O–H groups in total. The summed E-state index contributed by atoms with van der Waals surface area (Å²) in [6, 6.07) is 3.83. The number of amides is 1. The molecule has 1 aliphatic carbocycles. The Morgan fingerprint density at radius 3 is 2.87 bits per heavy atom. The predicted molar refractivity (Wildman–Crippen MR) is 102 cm³/mol. The summed E-state index contributed by atoms with van der Waals surface area (Å²) < 4.78 is 55.5. The van der Waals surface area contributed by atoms with E-state index in [-0.39, 0.29) is 43.3 Å². The summed E-state index contributed by atoms with van der Waals surface area (Å²) in [5, 5.41) is 3.61. The third-order valence-electron chi connectivity index (χ3n) is 6.28. The van der Waals surface area contributed by atoms with Crippen LogP contribution in [-0.4, -0.2) is 56.0 Å². The third-order valence-corrected chi connectivity index (χ3v) is 6.28. The molecule has 1 aromatic carbocycles. The molecule has 1 aromatic rings. The Bertz CT molecular complexity index is 773. The van der Waals surface area contributed by atoms with Crippen molar-refractivity contribution in [3.05, 3.63) is 29.3 Å². The van der Waals surface area contributed by atoms with Crippen LogP contribution in [0.15, 0.2) is 18.2 Å². The van der Waals surface area contributed by atoms with E-state index in [2.05, 4.69) is 5.32 Å². The number of alkyl halides is 3. The number of methoxy groups -OCH3 is 1. The lowest BCUT2D eigenvalue weighted by atomic mass is 10.0. The second-order valence-electron chi connectivity index (χ2n) is 8.25. The second-order valence-corrected chi connectivity index (χ2v) is 8.25. The number of fused-ring (bicyclic) bond motifs is 1. The highest BCUT2D eigenvalue weighted by molar-refractivity contribution is 5.79. The number of hydrogen-bond acceptors (Lipinski definition) is 5. The van der Waals surface area contributed by atoms with Crippen LogP contribution in [0.4, 0.5) is 13.2 Å². The lowest BCUT2D eigenvalue weighted by Crippen LogP contribution is -2.50. The van der Waals surface area contributed by atoms with Gasteiger partial charge in [-0.25, -0.2) is 0 Å². The number of nitrogens with one attached hydrogen (secondary N) is 1. The van der Waals surface area contributed by atoms with Crippen molar-refractivity contribution in [2.24, 2.45) is 5.92 Å². The first-order valence-corrected chi connectivity index (χ1v) is 10.3. The van der Waals surface area contributed by atoms with Crippen molar-refractivity contribution >= 4 is 5.91 Å². The molecule has 2 fully saturated rings. The van der Waals surface area contributed by atoms with E-state index < -0.39 is 11.7 Å². The van der Waals surface area contributed by atoms with Crippen molar-refractivity contribution in [3.8, 4) is 5.75 Å². The van der Waals surface area contributed by atoms with E-state index in [9.17, 15) is 18.0 Å². The molecule has 3 aliphatic rings. The molecule has 2 aliphatic heterocycles. The largest absolute Gasteiger partial charge is 0.473 e. The minimum absolute atomic E-state index is 0.00308. The van der Waals surface area contributed by atoms with Gasteiger partial charge in [0.1, 0.15) is 5.75 Å². The van der Waals surface area contributed by atoms with Gasteiger partial charge >= 0.3 is 6.18 Å². The van der Waals surface area contributed by atoms with E-state index in [0.29, 0.717) is 30.9 Å². The van der Waals surface area contributed by atoms with Crippen molar-refractivity contribution in [2.75, 3.05) is 27.1 Å². The quantitative estimate of drug-likeness (QED) is 0.799. The molecular weight excluding hydrogens is 401 g/mol. The van der Waals surface area contributed by atoms with Gasteiger partial charge in [0.25, 0.3) is 0 Å². The van der Waals surface area contributed by atoms with Gasteiger partial charge < -0.3 is 24.4 Å². The SMILES string of the molecule is COC1COCCC1NC1CCC(C(=O)N2COc3ccc(C(F)(F)F)cc3C2)C1. The lowest BCUT2D eigenvalue weighted by molar-refractivity contribution is -0.140. The maximum atomic E-state index is 13.0. The van der Waals surface area contributed by atoms with Crippen LogP contribution in [-0.2, 0) is 27.0 Å². The Balaban J connectivity index is 1.35. The van der Waals surface area contributed by atoms with Crippen molar-refractivity contribution in [1.29, 1.82) is 0 Å². The monoisotopic (exact) mass is 428 g/mol. The number of carbonyl (C=O) groups excluding carboxylic acids is 1. The van der Waals surface area contributed by atoms with Gasteiger partial charge in [0.2, 0.25) is 5.91 Å². The molecule has 4 atom stereocenters. The highest BCUT2D eigenvalue weighted by atomic mass is 19.4. The minimum Gasteiger partial charge on any atom is -0.473 e. The first-order valence-electron chi connectivity index (χ1n) is 10.3. The van der Waals surface area contributed by atoms with Gasteiger partial charge in [-0.05, 0) is 43.9 Å². The van der Waals surface area contributed by atoms with E-state index in [1.807, 2.05) is 0 Å². The molecule has 4 unspecified atom stereocenters. The first kappa shape index (κ1) is 21.4. The topological polar surface area (TPSA) is 60.0 Å². The average Bonchev–Trinajstić information content (AvgIpc) is 3.20. The molecular formula is C21H27F3N2O4. The predicted octanol–water partition coefficient (Wildman–Crippen LogP) is 2.95. The second kappa shape index (κ2) is 8.72. The van der Waals surface area contributed by atoms with Crippen LogP contribution in [0, 0.1) is 5.92 Å². The van der Waals surface area contributed by atoms with Crippen molar-refractivity contribution in [1.82, 2.24) is 10.2 Å². The smallest absolute Gasteiger partial charge is 0.416 e. The number of carbonyl (C=O) groups is 1. The van der Waals surface area contributed by atoms with E-state index >= 15 is 0 Å². The van der Waals surface area contributed by atoms with Crippen molar-refractivity contribution in [3.63, 3.8) is 0 Å². The number of hydrogen-bond donors (Lipinski definition) is 1. The van der Waals surface area contributed by atoms with Crippen LogP contribution in [0.3, 0.4) is 0 Å². The molecule has 2 heterocycles. The van der Waals surface area contributed by atoms with Crippen LogP contribution in [0.1, 0.15) is 36.8 Å². The highest BCUT2D eigenvalue weighted by Crippen LogP contribution is 2.36. The van der Waals surface area contributed by atoms with Gasteiger partial charge in [0.15, 0.2) is 6.73 Å². The average molecular weight is 428 g/mol. The van der Waals surface area contributed by atoms with Crippen molar-refractivity contribution < 1.29 is 32.2 Å². The fourth-order valence-electron chi connectivity index (χ4n) is 4.61. The van der Waals surface area contributed by atoms with Gasteiger partial charge in [0.05, 0.1) is 24.8 Å². The zero-order valence-electron chi connectivity index (χ0n) is 16.9. The lowest BCUT2D eigenvalue weighted by Gasteiger charge is -2.33. The van der Waals surface area contributed by atoms with Gasteiger partial charge in [-0.3, -0.25) is 4.79 Å². The molecule has 0 radical (unpaired) electrons. The Labute approximate surface area is 173 Å². The zero-order valence-corrected chi connectivity index (χ0v) is 16.9. The fourth-order valence-corrected chi connectivity index (χ4v) is 4.61. The molecule has 1 saturated carbocycles.